The van der Waals surface area contributed by atoms with Gasteiger partial charge in [0.05, 0.1) is 16.1 Å². The monoisotopic (exact) mass is 289 g/mol. The van der Waals surface area contributed by atoms with Gasteiger partial charge in [0.1, 0.15) is 0 Å². The second-order valence-corrected chi connectivity index (χ2v) is 4.44. The lowest BCUT2D eigenvalue weighted by Crippen LogP contribution is -2.12. The number of oxazole rings is 1. The number of aromatic amines is 1. The van der Waals surface area contributed by atoms with Crippen LogP contribution in [0.5, 0.6) is 0 Å². The number of rotatable bonds is 2. The number of benzene rings is 1. The van der Waals surface area contributed by atoms with Crippen LogP contribution >= 0.6 is 11.6 Å². The molecule has 0 atom stereocenters. The molecule has 0 fully saturated rings. The van der Waals surface area contributed by atoms with E-state index in [0.29, 0.717) is 22.4 Å². The maximum absolute atomic E-state index is 12.1. The van der Waals surface area contributed by atoms with E-state index in [-0.39, 0.29) is 10.9 Å². The van der Waals surface area contributed by atoms with Gasteiger partial charge in [-0.25, -0.2) is 4.79 Å². The summed E-state index contributed by atoms with van der Waals surface area (Å²) in [6.07, 6.45) is 2.88. The van der Waals surface area contributed by atoms with Crippen molar-refractivity contribution in [2.75, 3.05) is 5.32 Å². The van der Waals surface area contributed by atoms with Gasteiger partial charge in [0.2, 0.25) is 0 Å². The third-order valence-corrected chi connectivity index (χ3v) is 3.00. The van der Waals surface area contributed by atoms with E-state index in [1.165, 1.54) is 18.5 Å². The number of carbonyl (C=O) groups excluding carboxylic acids is 1. The Labute approximate surface area is 117 Å². The number of amides is 1. The summed E-state index contributed by atoms with van der Waals surface area (Å²) in [6.45, 7) is 0. The van der Waals surface area contributed by atoms with E-state index in [0.717, 1.165) is 0 Å². The molecule has 2 heterocycles. The van der Waals surface area contributed by atoms with Crippen molar-refractivity contribution < 1.29 is 9.21 Å². The maximum Gasteiger partial charge on any atom is 0.417 e. The zero-order chi connectivity index (χ0) is 14.1. The number of pyridine rings is 1. The second-order valence-electron chi connectivity index (χ2n) is 4.04. The Balaban J connectivity index is 1.91. The molecule has 3 rings (SSSR count). The Morgan fingerprint density at radius 2 is 2.20 bits per heavy atom. The highest BCUT2D eigenvalue weighted by Crippen LogP contribution is 2.19. The van der Waals surface area contributed by atoms with Gasteiger partial charge in [-0.3, -0.25) is 14.8 Å². The van der Waals surface area contributed by atoms with Crippen molar-refractivity contribution in [1.82, 2.24) is 9.97 Å². The molecule has 2 N–H and O–H groups in total. The first kappa shape index (κ1) is 12.4. The first-order valence-corrected chi connectivity index (χ1v) is 6.05. The SMILES string of the molecule is O=C(Nc1ccc2oc(=O)[nH]c2c1)c1ccncc1Cl. The van der Waals surface area contributed by atoms with E-state index in [1.54, 1.807) is 18.2 Å². The molecule has 0 saturated carbocycles. The summed E-state index contributed by atoms with van der Waals surface area (Å²) in [6, 6.07) is 6.35. The minimum absolute atomic E-state index is 0.266. The number of carbonyl (C=O) groups is 1. The van der Waals surface area contributed by atoms with Crippen LogP contribution in [0.15, 0.2) is 45.9 Å². The van der Waals surface area contributed by atoms with E-state index >= 15 is 0 Å². The largest absolute Gasteiger partial charge is 0.417 e. The summed E-state index contributed by atoms with van der Waals surface area (Å²) < 4.78 is 4.88. The van der Waals surface area contributed by atoms with Crippen LogP contribution in [0.1, 0.15) is 10.4 Å². The summed E-state index contributed by atoms with van der Waals surface area (Å²) in [5.74, 6) is -0.900. The Morgan fingerprint density at radius 1 is 1.35 bits per heavy atom. The van der Waals surface area contributed by atoms with E-state index < -0.39 is 5.76 Å². The molecule has 0 aliphatic carbocycles. The van der Waals surface area contributed by atoms with E-state index in [9.17, 15) is 9.59 Å². The number of halogens is 1. The molecule has 100 valence electrons. The van der Waals surface area contributed by atoms with Gasteiger partial charge in [-0.05, 0) is 24.3 Å². The standard InChI is InChI=1S/C13H8ClN3O3/c14-9-6-15-4-3-8(9)12(18)16-7-1-2-11-10(5-7)17-13(19)20-11/h1-6H,(H,16,18)(H,17,19). The number of aromatic nitrogens is 2. The number of hydrogen-bond donors (Lipinski definition) is 2. The number of anilines is 1. The molecule has 0 radical (unpaired) electrons. The van der Waals surface area contributed by atoms with Crippen LogP contribution in [0.2, 0.25) is 5.02 Å². The summed E-state index contributed by atoms with van der Waals surface area (Å²) >= 11 is 5.90. The third kappa shape index (κ3) is 2.28. The van der Waals surface area contributed by atoms with Crippen LogP contribution in [0.4, 0.5) is 5.69 Å². The highest BCUT2D eigenvalue weighted by atomic mass is 35.5. The molecule has 0 bridgehead atoms. The summed E-state index contributed by atoms with van der Waals surface area (Å²) in [4.78, 5) is 29.4. The van der Waals surface area contributed by atoms with Crippen LogP contribution in [-0.4, -0.2) is 15.9 Å². The number of nitrogens with zero attached hydrogens (tertiary/aromatic N) is 1. The number of hydrogen-bond acceptors (Lipinski definition) is 4. The van der Waals surface area contributed by atoms with Gasteiger partial charge in [-0.2, -0.15) is 0 Å². The normalized spacial score (nSPS) is 10.7. The first-order chi connectivity index (χ1) is 9.63. The Bertz CT molecular complexity index is 853. The zero-order valence-electron chi connectivity index (χ0n) is 10.0. The minimum Gasteiger partial charge on any atom is -0.408 e. The lowest BCUT2D eigenvalue weighted by molar-refractivity contribution is 0.102. The van der Waals surface area contributed by atoms with Crippen LogP contribution in [0.3, 0.4) is 0 Å². The molecule has 0 unspecified atom stereocenters. The predicted octanol–water partition coefficient (Wildman–Crippen LogP) is 2.42. The van der Waals surface area contributed by atoms with E-state index in [4.69, 9.17) is 16.0 Å². The van der Waals surface area contributed by atoms with Gasteiger partial charge >= 0.3 is 5.76 Å². The fraction of sp³-hybridized carbons (Fsp3) is 0. The van der Waals surface area contributed by atoms with E-state index in [2.05, 4.69) is 15.3 Å². The van der Waals surface area contributed by atoms with Gasteiger partial charge in [0.15, 0.2) is 5.58 Å². The minimum atomic E-state index is -0.541. The molecule has 0 saturated heterocycles. The molecule has 2 aromatic heterocycles. The van der Waals surface area contributed by atoms with E-state index in [1.807, 2.05) is 0 Å². The van der Waals surface area contributed by atoms with Crippen molar-refractivity contribution in [2.24, 2.45) is 0 Å². The van der Waals surface area contributed by atoms with Gasteiger partial charge in [0.25, 0.3) is 5.91 Å². The van der Waals surface area contributed by atoms with Crippen molar-refractivity contribution in [3.8, 4) is 0 Å². The maximum atomic E-state index is 12.1. The molecular weight excluding hydrogens is 282 g/mol. The third-order valence-electron chi connectivity index (χ3n) is 2.69. The fourth-order valence-corrected chi connectivity index (χ4v) is 1.99. The molecule has 1 aromatic carbocycles. The van der Waals surface area contributed by atoms with Crippen molar-refractivity contribution in [3.05, 3.63) is 57.8 Å². The molecule has 6 nitrogen and oxygen atoms in total. The first-order valence-electron chi connectivity index (χ1n) is 5.67. The molecule has 7 heteroatoms. The van der Waals surface area contributed by atoms with Crippen molar-refractivity contribution in [3.63, 3.8) is 0 Å². The lowest BCUT2D eigenvalue weighted by atomic mass is 10.2. The van der Waals surface area contributed by atoms with Gasteiger partial charge in [-0.1, -0.05) is 11.6 Å². The number of fused-ring (bicyclic) bond motifs is 1. The summed E-state index contributed by atoms with van der Waals surface area (Å²) in [5.41, 5.74) is 1.78. The smallest absolute Gasteiger partial charge is 0.408 e. The zero-order valence-corrected chi connectivity index (χ0v) is 10.8. The summed E-state index contributed by atoms with van der Waals surface area (Å²) in [7, 11) is 0. The Hall–Kier alpha value is -2.60. The van der Waals surface area contributed by atoms with Gasteiger partial charge in [-0.15, -0.1) is 0 Å². The summed E-state index contributed by atoms with van der Waals surface area (Å²) in [5, 5.41) is 2.95. The molecule has 0 aliphatic rings. The molecule has 20 heavy (non-hydrogen) atoms. The fourth-order valence-electron chi connectivity index (χ4n) is 1.79. The van der Waals surface area contributed by atoms with Crippen LogP contribution in [0, 0.1) is 0 Å². The Morgan fingerprint density at radius 3 is 3.00 bits per heavy atom. The highest BCUT2D eigenvalue weighted by molar-refractivity contribution is 6.34. The van der Waals surface area contributed by atoms with Crippen molar-refractivity contribution >= 4 is 34.3 Å². The quantitative estimate of drug-likeness (QED) is 0.758. The van der Waals surface area contributed by atoms with Crippen LogP contribution < -0.4 is 11.1 Å². The lowest BCUT2D eigenvalue weighted by Gasteiger charge is -2.06. The van der Waals surface area contributed by atoms with Crippen molar-refractivity contribution in [2.45, 2.75) is 0 Å². The average molecular weight is 290 g/mol. The predicted molar refractivity (Wildman–Crippen MR) is 74.0 cm³/mol. The molecular formula is C13H8ClN3O3. The van der Waals surface area contributed by atoms with Crippen LogP contribution in [0.25, 0.3) is 11.1 Å². The Kier molecular flexibility index (Phi) is 3.00. The van der Waals surface area contributed by atoms with Gasteiger partial charge < -0.3 is 9.73 Å². The highest BCUT2D eigenvalue weighted by Gasteiger charge is 2.11. The average Bonchev–Trinajstić information content (AvgIpc) is 2.78. The van der Waals surface area contributed by atoms with Gasteiger partial charge in [0, 0.05) is 18.1 Å². The molecule has 0 spiro atoms. The molecule has 0 aliphatic heterocycles. The number of nitrogens with one attached hydrogen (secondary N) is 2. The number of H-pyrrole nitrogens is 1. The van der Waals surface area contributed by atoms with Crippen LogP contribution in [-0.2, 0) is 0 Å². The molecule has 1 amide bonds. The second kappa shape index (κ2) is 4.82. The topological polar surface area (TPSA) is 88.0 Å². The molecule has 3 aromatic rings. The van der Waals surface area contributed by atoms with Crippen molar-refractivity contribution in [1.29, 1.82) is 0 Å².